The third-order valence-electron chi connectivity index (χ3n) is 0.548. The van der Waals surface area contributed by atoms with Crippen LogP contribution in [-0.4, -0.2) is 6.67 Å². The first kappa shape index (κ1) is 6.41. The molecule has 0 bridgehead atoms. The maximum absolute atomic E-state index is 11.2. The van der Waals surface area contributed by atoms with Crippen molar-refractivity contribution in [2.24, 2.45) is 0 Å². The summed E-state index contributed by atoms with van der Waals surface area (Å²) >= 11 is 0. The van der Waals surface area contributed by atoms with Crippen LogP contribution in [0.4, 0.5) is 4.39 Å². The lowest BCUT2D eigenvalue weighted by atomic mass is 10.4. The highest BCUT2D eigenvalue weighted by molar-refractivity contribution is 4.96. The molecule has 0 N–H and O–H groups in total. The van der Waals surface area contributed by atoms with Gasteiger partial charge in [-0.15, -0.1) is 0 Å². The normalized spacial score (nSPS) is 9.86. The van der Waals surface area contributed by atoms with Crippen LogP contribution in [-0.2, 0) is 0 Å². The van der Waals surface area contributed by atoms with Crippen LogP contribution < -0.4 is 0 Å². The van der Waals surface area contributed by atoms with Crippen molar-refractivity contribution in [2.75, 3.05) is 6.67 Å². The van der Waals surface area contributed by atoms with Gasteiger partial charge >= 0.3 is 0 Å². The largest absolute Gasteiger partial charge is 0.251 e. The van der Waals surface area contributed by atoms with E-state index in [9.17, 15) is 4.39 Å². The molecule has 0 rings (SSSR count). The second kappa shape index (κ2) is 5.41. The molecule has 0 heterocycles. The van der Waals surface area contributed by atoms with Gasteiger partial charge in [0, 0.05) is 0 Å². The van der Waals surface area contributed by atoms with Crippen molar-refractivity contribution >= 4 is 0 Å². The molecule has 0 amide bonds. The van der Waals surface area contributed by atoms with E-state index in [2.05, 4.69) is 6.58 Å². The highest BCUT2D eigenvalue weighted by atomic mass is 19.1. The lowest BCUT2D eigenvalue weighted by Crippen LogP contribution is -1.64. The van der Waals surface area contributed by atoms with Crippen molar-refractivity contribution in [3.05, 3.63) is 24.8 Å². The maximum Gasteiger partial charge on any atom is 0.0928 e. The maximum atomic E-state index is 11.2. The Kier molecular flexibility index (Phi) is 4.95. The zero-order valence-corrected chi connectivity index (χ0v) is 4.23. The zero-order chi connectivity index (χ0) is 5.54. The van der Waals surface area contributed by atoms with Gasteiger partial charge in [0.1, 0.15) is 0 Å². The van der Waals surface area contributed by atoms with Crippen LogP contribution in [0, 0.1) is 0 Å². The Labute approximate surface area is 43.4 Å². The number of halogens is 1. The Bertz CT molecular complexity index is 64.6. The van der Waals surface area contributed by atoms with Crippen LogP contribution >= 0.6 is 0 Å². The molecule has 0 aromatic heterocycles. The van der Waals surface area contributed by atoms with Gasteiger partial charge in [-0.2, -0.15) is 0 Å². The quantitative estimate of drug-likeness (QED) is 0.476. The molecule has 0 aromatic rings. The minimum Gasteiger partial charge on any atom is -0.251 e. The zero-order valence-electron chi connectivity index (χ0n) is 4.23. The van der Waals surface area contributed by atoms with Crippen LogP contribution in [0.15, 0.2) is 24.8 Å². The van der Waals surface area contributed by atoms with Crippen molar-refractivity contribution in [3.8, 4) is 0 Å². The molecule has 0 aromatic carbocycles. The van der Waals surface area contributed by atoms with E-state index in [1.807, 2.05) is 0 Å². The molecule has 40 valence electrons. The van der Waals surface area contributed by atoms with E-state index in [4.69, 9.17) is 0 Å². The summed E-state index contributed by atoms with van der Waals surface area (Å²) in [7, 11) is 0. The molecule has 0 unspecified atom stereocenters. The molecule has 0 saturated carbocycles. The van der Waals surface area contributed by atoms with Gasteiger partial charge in [-0.1, -0.05) is 24.8 Å². The molecule has 0 aliphatic carbocycles. The highest BCUT2D eigenvalue weighted by Gasteiger charge is 1.69. The van der Waals surface area contributed by atoms with E-state index >= 15 is 0 Å². The van der Waals surface area contributed by atoms with Crippen molar-refractivity contribution in [2.45, 2.75) is 6.42 Å². The average Bonchev–Trinajstić information content (AvgIpc) is 1.69. The molecular formula is C6H9F. The number of rotatable bonds is 3. The summed E-state index contributed by atoms with van der Waals surface area (Å²) in [6.45, 7) is 3.15. The third-order valence-corrected chi connectivity index (χ3v) is 0.548. The van der Waals surface area contributed by atoms with Crippen molar-refractivity contribution < 1.29 is 4.39 Å². The molecular weight excluding hydrogens is 91.1 g/mol. The molecule has 7 heavy (non-hydrogen) atoms. The SMILES string of the molecule is C=C/C=C/CCF. The minimum absolute atomic E-state index is 0.273. The lowest BCUT2D eigenvalue weighted by Gasteiger charge is -1.74. The molecule has 0 radical (unpaired) electrons. The smallest absolute Gasteiger partial charge is 0.0928 e. The second-order valence-corrected chi connectivity index (χ2v) is 1.14. The Morgan fingerprint density at radius 1 is 1.57 bits per heavy atom. The van der Waals surface area contributed by atoms with E-state index < -0.39 is 0 Å². The highest BCUT2D eigenvalue weighted by Crippen LogP contribution is 1.82. The van der Waals surface area contributed by atoms with Crippen LogP contribution in [0.25, 0.3) is 0 Å². The molecule has 1 heteroatoms. The van der Waals surface area contributed by atoms with Crippen LogP contribution in [0.1, 0.15) is 6.42 Å². The summed E-state index contributed by atoms with van der Waals surface area (Å²) in [5.74, 6) is 0. The summed E-state index contributed by atoms with van der Waals surface area (Å²) < 4.78 is 11.2. The van der Waals surface area contributed by atoms with Crippen LogP contribution in [0.2, 0.25) is 0 Å². The van der Waals surface area contributed by atoms with Crippen LogP contribution in [0.3, 0.4) is 0 Å². The molecule has 0 atom stereocenters. The van der Waals surface area contributed by atoms with E-state index in [1.54, 1.807) is 18.2 Å². The first-order chi connectivity index (χ1) is 3.41. The van der Waals surface area contributed by atoms with Crippen molar-refractivity contribution in [1.29, 1.82) is 0 Å². The van der Waals surface area contributed by atoms with Gasteiger partial charge in [-0.25, -0.2) is 0 Å². The first-order valence-corrected chi connectivity index (χ1v) is 2.25. The minimum atomic E-state index is -0.273. The number of alkyl halides is 1. The fourth-order valence-corrected chi connectivity index (χ4v) is 0.255. The van der Waals surface area contributed by atoms with Gasteiger partial charge in [-0.3, -0.25) is 4.39 Å². The number of allylic oxidation sites excluding steroid dienone is 3. The van der Waals surface area contributed by atoms with E-state index in [0.717, 1.165) is 0 Å². The third kappa shape index (κ3) is 5.41. The Morgan fingerprint density at radius 3 is 2.71 bits per heavy atom. The van der Waals surface area contributed by atoms with Gasteiger partial charge in [0.2, 0.25) is 0 Å². The fourth-order valence-electron chi connectivity index (χ4n) is 0.255. The topological polar surface area (TPSA) is 0 Å². The Balaban J connectivity index is 2.92. The molecule has 0 nitrogen and oxygen atoms in total. The van der Waals surface area contributed by atoms with E-state index in [0.29, 0.717) is 6.42 Å². The van der Waals surface area contributed by atoms with E-state index in [-0.39, 0.29) is 6.67 Å². The summed E-state index contributed by atoms with van der Waals surface area (Å²) in [6, 6.07) is 0. The summed E-state index contributed by atoms with van der Waals surface area (Å²) in [6.07, 6.45) is 5.62. The summed E-state index contributed by atoms with van der Waals surface area (Å²) in [5, 5.41) is 0. The standard InChI is InChI=1S/C6H9F/c1-2-3-4-5-6-7/h2-4H,1,5-6H2/b4-3+. The first-order valence-electron chi connectivity index (χ1n) is 2.25. The molecule has 0 fully saturated rings. The lowest BCUT2D eigenvalue weighted by molar-refractivity contribution is 0.501. The Hall–Kier alpha value is -0.590. The van der Waals surface area contributed by atoms with Gasteiger partial charge in [0.05, 0.1) is 6.67 Å². The van der Waals surface area contributed by atoms with Crippen molar-refractivity contribution in [1.82, 2.24) is 0 Å². The molecule has 0 spiro atoms. The van der Waals surface area contributed by atoms with Gasteiger partial charge in [0.25, 0.3) is 0 Å². The second-order valence-electron chi connectivity index (χ2n) is 1.14. The Morgan fingerprint density at radius 2 is 2.29 bits per heavy atom. The monoisotopic (exact) mass is 100 g/mol. The van der Waals surface area contributed by atoms with Gasteiger partial charge < -0.3 is 0 Å². The summed E-state index contributed by atoms with van der Waals surface area (Å²) in [5.41, 5.74) is 0. The number of hydrogen-bond acceptors (Lipinski definition) is 0. The molecule has 0 saturated heterocycles. The molecule has 0 aliphatic rings. The van der Waals surface area contributed by atoms with Crippen LogP contribution in [0.5, 0.6) is 0 Å². The van der Waals surface area contributed by atoms with Crippen molar-refractivity contribution in [3.63, 3.8) is 0 Å². The average molecular weight is 100 g/mol. The predicted octanol–water partition coefficient (Wildman–Crippen LogP) is 2.09. The summed E-state index contributed by atoms with van der Waals surface area (Å²) in [4.78, 5) is 0. The fraction of sp³-hybridized carbons (Fsp3) is 0.333. The van der Waals surface area contributed by atoms with E-state index in [1.165, 1.54) is 0 Å². The number of hydrogen-bond donors (Lipinski definition) is 0. The predicted molar refractivity (Wildman–Crippen MR) is 29.9 cm³/mol. The van der Waals surface area contributed by atoms with Gasteiger partial charge in [-0.05, 0) is 6.42 Å². The molecule has 0 aliphatic heterocycles. The van der Waals surface area contributed by atoms with Gasteiger partial charge in [0.15, 0.2) is 0 Å².